The van der Waals surface area contributed by atoms with Gasteiger partial charge in [0.05, 0.1) is 11.7 Å². The number of aryl methyl sites for hydroxylation is 3. The number of nitrogens with one attached hydrogen (secondary N) is 1. The number of aromatic nitrogens is 2. The topological polar surface area (TPSA) is 29.9 Å². The Kier molecular flexibility index (Phi) is 2.76. The van der Waals surface area contributed by atoms with E-state index in [9.17, 15) is 0 Å². The van der Waals surface area contributed by atoms with Crippen LogP contribution in [0.1, 0.15) is 33.5 Å². The molecule has 1 atom stereocenters. The van der Waals surface area contributed by atoms with Gasteiger partial charge in [0.15, 0.2) is 0 Å². The van der Waals surface area contributed by atoms with Gasteiger partial charge in [-0.15, -0.1) is 11.3 Å². The first-order chi connectivity index (χ1) is 8.28. The Balaban J connectivity index is 1.94. The van der Waals surface area contributed by atoms with Gasteiger partial charge in [0.2, 0.25) is 0 Å². The summed E-state index contributed by atoms with van der Waals surface area (Å²) in [5.41, 5.74) is 2.66. The minimum atomic E-state index is 0.242. The molecule has 0 bridgehead atoms. The molecule has 0 fully saturated rings. The van der Waals surface area contributed by atoms with Crippen molar-refractivity contribution >= 4 is 11.3 Å². The van der Waals surface area contributed by atoms with Gasteiger partial charge in [-0.05, 0) is 44.0 Å². The van der Waals surface area contributed by atoms with Gasteiger partial charge in [-0.25, -0.2) is 0 Å². The molecule has 0 saturated carbocycles. The van der Waals surface area contributed by atoms with Crippen LogP contribution in [-0.4, -0.2) is 16.8 Å². The number of hydrogen-bond donors (Lipinski definition) is 1. The van der Waals surface area contributed by atoms with Gasteiger partial charge in [-0.1, -0.05) is 0 Å². The third-order valence-electron chi connectivity index (χ3n) is 3.37. The molecule has 1 aliphatic carbocycles. The normalized spacial score (nSPS) is 16.1. The van der Waals surface area contributed by atoms with Crippen molar-refractivity contribution in [3.05, 3.63) is 39.3 Å². The lowest BCUT2D eigenvalue weighted by molar-refractivity contribution is 0.649. The van der Waals surface area contributed by atoms with Crippen LogP contribution in [0, 0.1) is 0 Å². The van der Waals surface area contributed by atoms with Crippen LogP contribution in [0.15, 0.2) is 18.3 Å². The summed E-state index contributed by atoms with van der Waals surface area (Å²) in [4.78, 5) is 2.98. The van der Waals surface area contributed by atoms with Gasteiger partial charge in [0.1, 0.15) is 0 Å². The van der Waals surface area contributed by atoms with E-state index in [1.807, 2.05) is 36.3 Å². The fraction of sp³-hybridized carbons (Fsp3) is 0.462. The van der Waals surface area contributed by atoms with Crippen molar-refractivity contribution in [2.75, 3.05) is 7.05 Å². The third kappa shape index (κ3) is 1.91. The predicted molar refractivity (Wildman–Crippen MR) is 70.5 cm³/mol. The van der Waals surface area contributed by atoms with Crippen LogP contribution >= 0.6 is 11.3 Å². The molecule has 1 N–H and O–H groups in total. The molecule has 3 rings (SSSR count). The minimum absolute atomic E-state index is 0.242. The molecule has 0 spiro atoms. The lowest BCUT2D eigenvalue weighted by Gasteiger charge is -2.11. The van der Waals surface area contributed by atoms with Crippen molar-refractivity contribution in [2.24, 2.45) is 7.05 Å². The second-order valence-corrected chi connectivity index (χ2v) is 5.76. The second kappa shape index (κ2) is 4.27. The molecule has 0 aromatic carbocycles. The number of rotatable bonds is 3. The summed E-state index contributed by atoms with van der Waals surface area (Å²) in [6.45, 7) is 0. The number of hydrogen-bond acceptors (Lipinski definition) is 3. The van der Waals surface area contributed by atoms with Gasteiger partial charge < -0.3 is 5.32 Å². The average molecular weight is 247 g/mol. The Bertz CT molecular complexity index is 505. The highest BCUT2D eigenvalue weighted by atomic mass is 32.1. The first kappa shape index (κ1) is 11.0. The van der Waals surface area contributed by atoms with E-state index in [1.54, 1.807) is 10.4 Å². The maximum absolute atomic E-state index is 4.50. The SMILES string of the molecule is CNC(c1ccn(C)n1)c1cc2c(s1)CCC2. The summed E-state index contributed by atoms with van der Waals surface area (Å²) in [6.07, 6.45) is 5.85. The quantitative estimate of drug-likeness (QED) is 0.902. The molecule has 0 aliphatic heterocycles. The molecular weight excluding hydrogens is 230 g/mol. The molecule has 0 saturated heterocycles. The fourth-order valence-electron chi connectivity index (χ4n) is 2.52. The summed E-state index contributed by atoms with van der Waals surface area (Å²) in [5, 5.41) is 7.87. The number of thiophene rings is 1. The van der Waals surface area contributed by atoms with E-state index >= 15 is 0 Å². The van der Waals surface area contributed by atoms with Gasteiger partial charge in [0, 0.05) is 23.0 Å². The van der Waals surface area contributed by atoms with Crippen molar-refractivity contribution in [3.8, 4) is 0 Å². The zero-order valence-electron chi connectivity index (χ0n) is 10.2. The van der Waals surface area contributed by atoms with E-state index in [4.69, 9.17) is 0 Å². The maximum Gasteiger partial charge on any atom is 0.0861 e. The lowest BCUT2D eigenvalue weighted by atomic mass is 10.1. The van der Waals surface area contributed by atoms with Crippen molar-refractivity contribution in [3.63, 3.8) is 0 Å². The van der Waals surface area contributed by atoms with Crippen LogP contribution < -0.4 is 5.32 Å². The molecule has 4 heteroatoms. The van der Waals surface area contributed by atoms with Gasteiger partial charge in [0.25, 0.3) is 0 Å². The van der Waals surface area contributed by atoms with E-state index in [1.165, 1.54) is 24.1 Å². The zero-order chi connectivity index (χ0) is 11.8. The van der Waals surface area contributed by atoms with Gasteiger partial charge >= 0.3 is 0 Å². The van der Waals surface area contributed by atoms with E-state index in [0.717, 1.165) is 5.69 Å². The Morgan fingerprint density at radius 3 is 3.00 bits per heavy atom. The van der Waals surface area contributed by atoms with E-state index in [0.29, 0.717) is 0 Å². The molecule has 0 amide bonds. The van der Waals surface area contributed by atoms with Crippen LogP contribution in [0.25, 0.3) is 0 Å². The van der Waals surface area contributed by atoms with Crippen LogP contribution in [0.3, 0.4) is 0 Å². The smallest absolute Gasteiger partial charge is 0.0861 e. The number of nitrogens with zero attached hydrogens (tertiary/aromatic N) is 2. The third-order valence-corrected chi connectivity index (χ3v) is 4.67. The highest BCUT2D eigenvalue weighted by molar-refractivity contribution is 7.12. The molecule has 1 unspecified atom stereocenters. The fourth-order valence-corrected chi connectivity index (χ4v) is 3.90. The monoisotopic (exact) mass is 247 g/mol. The first-order valence-electron chi connectivity index (χ1n) is 6.06. The van der Waals surface area contributed by atoms with Crippen molar-refractivity contribution in [2.45, 2.75) is 25.3 Å². The van der Waals surface area contributed by atoms with E-state index in [-0.39, 0.29) is 6.04 Å². The Labute approximate surface area is 105 Å². The molecule has 17 heavy (non-hydrogen) atoms. The molecule has 2 aromatic rings. The minimum Gasteiger partial charge on any atom is -0.307 e. The van der Waals surface area contributed by atoms with Crippen LogP contribution in [-0.2, 0) is 19.9 Å². The van der Waals surface area contributed by atoms with Crippen LogP contribution in [0.5, 0.6) is 0 Å². The molecule has 2 heterocycles. The van der Waals surface area contributed by atoms with Gasteiger partial charge in [-0.2, -0.15) is 5.10 Å². The van der Waals surface area contributed by atoms with E-state index < -0.39 is 0 Å². The standard InChI is InChI=1S/C13H17N3S/c1-14-13(10-6-7-16(2)15-10)12-8-9-4-3-5-11(9)17-12/h6-8,13-14H,3-5H2,1-2H3. The maximum atomic E-state index is 4.50. The highest BCUT2D eigenvalue weighted by Gasteiger charge is 2.21. The van der Waals surface area contributed by atoms with Gasteiger partial charge in [-0.3, -0.25) is 4.68 Å². The molecular formula is C13H17N3S. The largest absolute Gasteiger partial charge is 0.307 e. The lowest BCUT2D eigenvalue weighted by Crippen LogP contribution is -2.17. The van der Waals surface area contributed by atoms with Crippen molar-refractivity contribution in [1.29, 1.82) is 0 Å². The average Bonchev–Trinajstić information content (AvgIpc) is 2.95. The highest BCUT2D eigenvalue weighted by Crippen LogP contribution is 2.35. The second-order valence-electron chi connectivity index (χ2n) is 4.59. The summed E-state index contributed by atoms with van der Waals surface area (Å²) >= 11 is 1.95. The molecule has 90 valence electrons. The Hall–Kier alpha value is -1.13. The van der Waals surface area contributed by atoms with Crippen LogP contribution in [0.4, 0.5) is 0 Å². The first-order valence-corrected chi connectivity index (χ1v) is 6.88. The van der Waals surface area contributed by atoms with Crippen LogP contribution in [0.2, 0.25) is 0 Å². The van der Waals surface area contributed by atoms with E-state index in [2.05, 4.69) is 22.5 Å². The summed E-state index contributed by atoms with van der Waals surface area (Å²) < 4.78 is 1.86. The zero-order valence-corrected chi connectivity index (χ0v) is 11.0. The Morgan fingerprint density at radius 2 is 2.35 bits per heavy atom. The summed E-state index contributed by atoms with van der Waals surface area (Å²) in [7, 11) is 3.97. The molecule has 0 radical (unpaired) electrons. The summed E-state index contributed by atoms with van der Waals surface area (Å²) in [5.74, 6) is 0. The summed E-state index contributed by atoms with van der Waals surface area (Å²) in [6, 6.07) is 4.70. The predicted octanol–water partition coefficient (Wildman–Crippen LogP) is 2.28. The number of fused-ring (bicyclic) bond motifs is 1. The van der Waals surface area contributed by atoms with Crippen molar-refractivity contribution in [1.82, 2.24) is 15.1 Å². The van der Waals surface area contributed by atoms with Crippen molar-refractivity contribution < 1.29 is 0 Å². The molecule has 2 aromatic heterocycles. The molecule has 1 aliphatic rings. The molecule has 3 nitrogen and oxygen atoms in total. The Morgan fingerprint density at radius 1 is 1.47 bits per heavy atom.